The molecule has 1 fully saturated rings. The molecule has 0 bridgehead atoms. The van der Waals surface area contributed by atoms with E-state index in [4.69, 9.17) is 9.47 Å². The molecule has 1 aliphatic rings. The van der Waals surface area contributed by atoms with Gasteiger partial charge in [-0.05, 0) is 39.0 Å². The smallest absolute Gasteiger partial charge is 0.186 e. The number of rotatable bonds is 7. The van der Waals surface area contributed by atoms with E-state index in [1.165, 1.54) is 0 Å². The Kier molecular flexibility index (Phi) is 6.70. The highest BCUT2D eigenvalue weighted by atomic mass is 31.2. The second-order valence-corrected chi connectivity index (χ2v) is 14.8. The minimum absolute atomic E-state index is 0.455. The van der Waals surface area contributed by atoms with Gasteiger partial charge in [0.25, 0.3) is 0 Å². The Morgan fingerprint density at radius 3 is 2.27 bits per heavy atom. The van der Waals surface area contributed by atoms with E-state index in [-0.39, 0.29) is 0 Å². The molecule has 0 aliphatic carbocycles. The van der Waals surface area contributed by atoms with Crippen LogP contribution in [0.1, 0.15) is 34.6 Å². The first-order chi connectivity index (χ1) is 9.89. The van der Waals surface area contributed by atoms with Crippen molar-refractivity contribution < 1.29 is 19.7 Å². The van der Waals surface area contributed by atoms with E-state index in [2.05, 4.69) is 26.4 Å². The Bertz CT molecular complexity index is 456. The maximum Gasteiger partial charge on any atom is 0.186 e. The van der Waals surface area contributed by atoms with E-state index >= 15 is 0 Å². The quantitative estimate of drug-likeness (QED) is 0.536. The molecule has 130 valence electrons. The molecule has 1 heterocycles. The van der Waals surface area contributed by atoms with E-state index in [1.54, 1.807) is 14.8 Å². The molecule has 0 amide bonds. The van der Waals surface area contributed by atoms with E-state index in [1.807, 2.05) is 13.8 Å². The topological polar surface area (TPSA) is 58.9 Å². The molecule has 0 aromatic heterocycles. The van der Waals surface area contributed by atoms with Crippen molar-refractivity contribution in [1.29, 1.82) is 0 Å². The molecule has 5 unspecified atom stereocenters. The number of hydrogen-bond donors (Lipinski definition) is 2. The van der Waals surface area contributed by atoms with Crippen molar-refractivity contribution in [3.63, 3.8) is 0 Å². The average molecular weight is 350 g/mol. The van der Waals surface area contributed by atoms with Crippen molar-refractivity contribution in [1.82, 2.24) is 0 Å². The number of aliphatic hydroxyl groups is 2. The summed E-state index contributed by atoms with van der Waals surface area (Å²) in [5, 5.41) is 20.0. The van der Waals surface area contributed by atoms with Gasteiger partial charge in [0.15, 0.2) is 6.29 Å². The van der Waals surface area contributed by atoms with Crippen LogP contribution in [0.2, 0.25) is 0 Å². The number of ether oxygens (including phenoxy) is 2. The van der Waals surface area contributed by atoms with Gasteiger partial charge < -0.3 is 19.7 Å². The zero-order chi connectivity index (χ0) is 17.3. The molecular weight excluding hydrogens is 317 g/mol. The van der Waals surface area contributed by atoms with Gasteiger partial charge in [0, 0.05) is 0 Å². The minimum atomic E-state index is -1.29. The summed E-state index contributed by atoms with van der Waals surface area (Å²) in [5.41, 5.74) is -1.29. The van der Waals surface area contributed by atoms with Gasteiger partial charge in [-0.2, -0.15) is 0 Å². The third kappa shape index (κ3) is 4.32. The second kappa shape index (κ2) is 7.17. The first-order valence-electron chi connectivity index (χ1n) is 8.02. The largest absolute Gasteiger partial charge is 0.385 e. The minimum Gasteiger partial charge on any atom is -0.385 e. The molecule has 1 aliphatic heterocycles. The predicted octanol–water partition coefficient (Wildman–Crippen LogP) is 1.26. The van der Waals surface area contributed by atoms with E-state index in [0.717, 1.165) is 18.2 Å². The van der Waals surface area contributed by atoms with Crippen LogP contribution in [0.3, 0.4) is 0 Å². The highest BCUT2D eigenvalue weighted by Gasteiger charge is 2.51. The van der Waals surface area contributed by atoms with Gasteiger partial charge >= 0.3 is 0 Å². The summed E-state index contributed by atoms with van der Waals surface area (Å²) in [4.78, 5) is 0. The predicted molar refractivity (Wildman–Crippen MR) is 104 cm³/mol. The molecule has 22 heavy (non-hydrogen) atoms. The molecule has 0 aromatic rings. The Labute approximate surface area is 137 Å². The van der Waals surface area contributed by atoms with Crippen LogP contribution in [-0.2, 0) is 9.47 Å². The first-order valence-corrected chi connectivity index (χ1v) is 12.5. The molecule has 4 nitrogen and oxygen atoms in total. The highest BCUT2D eigenvalue weighted by molar-refractivity contribution is 7.83. The van der Waals surface area contributed by atoms with Crippen LogP contribution in [0.4, 0.5) is 0 Å². The van der Waals surface area contributed by atoms with Crippen molar-refractivity contribution in [3.05, 3.63) is 0 Å². The molecular formula is C15H33BO4P2. The SMILES string of the molecule is BC1OC(OC(C)(C)[PH](=C)CP(=C)(CC)CC)C(O)C1(C)O. The molecule has 1 saturated heterocycles. The van der Waals surface area contributed by atoms with Crippen molar-refractivity contribution >= 4 is 34.9 Å². The normalized spacial score (nSPS) is 34.8. The Hall–Kier alpha value is 0.505. The summed E-state index contributed by atoms with van der Waals surface area (Å²) in [6, 6.07) is -0.463. The summed E-state index contributed by atoms with van der Waals surface area (Å²) in [5.74, 6) is 1.05. The van der Waals surface area contributed by atoms with Crippen LogP contribution in [0.15, 0.2) is 0 Å². The zero-order valence-electron chi connectivity index (χ0n) is 14.9. The Morgan fingerprint density at radius 1 is 1.41 bits per heavy atom. The zero-order valence-corrected chi connectivity index (χ0v) is 16.8. The van der Waals surface area contributed by atoms with Crippen LogP contribution < -0.4 is 0 Å². The summed E-state index contributed by atoms with van der Waals surface area (Å²) in [6.07, 6.45) is 9.23. The second-order valence-electron chi connectivity index (χ2n) is 7.18. The lowest BCUT2D eigenvalue weighted by Gasteiger charge is -2.36. The fourth-order valence-electron chi connectivity index (χ4n) is 2.44. The fraction of sp³-hybridized carbons (Fsp3) is 0.867. The lowest BCUT2D eigenvalue weighted by atomic mass is 9.83. The van der Waals surface area contributed by atoms with Crippen molar-refractivity contribution in [2.24, 2.45) is 0 Å². The van der Waals surface area contributed by atoms with E-state index < -0.39 is 43.8 Å². The summed E-state index contributed by atoms with van der Waals surface area (Å²) >= 11 is 0. The molecule has 0 spiro atoms. The molecule has 0 aromatic carbocycles. The monoisotopic (exact) mass is 350 g/mol. The first kappa shape index (κ1) is 20.5. The van der Waals surface area contributed by atoms with Gasteiger partial charge in [-0.25, -0.2) is 0 Å². The highest BCUT2D eigenvalue weighted by Crippen LogP contribution is 2.56. The van der Waals surface area contributed by atoms with Gasteiger partial charge in [0.1, 0.15) is 19.6 Å². The van der Waals surface area contributed by atoms with Gasteiger partial charge in [0.2, 0.25) is 0 Å². The fourth-order valence-corrected chi connectivity index (χ4v) is 9.72. The van der Waals surface area contributed by atoms with Crippen LogP contribution in [0.25, 0.3) is 0 Å². The van der Waals surface area contributed by atoms with E-state index in [0.29, 0.717) is 0 Å². The summed E-state index contributed by atoms with van der Waals surface area (Å²) < 4.78 is 11.7. The third-order valence-corrected chi connectivity index (χ3v) is 13.9. The Balaban J connectivity index is 2.80. The maximum atomic E-state index is 10.2. The molecule has 7 heteroatoms. The number of hydrogen-bond acceptors (Lipinski definition) is 4. The van der Waals surface area contributed by atoms with Crippen LogP contribution in [-0.4, -0.2) is 78.2 Å². The lowest BCUT2D eigenvalue weighted by molar-refractivity contribution is -0.188. The van der Waals surface area contributed by atoms with E-state index in [9.17, 15) is 10.2 Å². The molecule has 1 rings (SSSR count). The molecule has 2 N–H and O–H groups in total. The van der Waals surface area contributed by atoms with Crippen molar-refractivity contribution in [2.75, 3.05) is 18.2 Å². The molecule has 0 radical (unpaired) electrons. The number of aliphatic hydroxyl groups excluding tert-OH is 1. The third-order valence-electron chi connectivity index (χ3n) is 5.15. The Morgan fingerprint density at radius 2 is 1.91 bits per heavy atom. The van der Waals surface area contributed by atoms with Crippen LogP contribution >= 0.6 is 14.4 Å². The maximum absolute atomic E-state index is 10.2. The standard InChI is InChI=1S/C15H33BO4P2/c1-8-22(7,9-2)10-21(6)14(3,4)20-12-11(17)15(5,18)13(16)19-12/h11-13,17-18,21H,6-10,16H2,1-5H3. The van der Waals surface area contributed by atoms with Crippen LogP contribution in [0.5, 0.6) is 0 Å². The van der Waals surface area contributed by atoms with Gasteiger partial charge in [-0.1, -0.05) is 21.4 Å². The van der Waals surface area contributed by atoms with Gasteiger partial charge in [-0.3, -0.25) is 0 Å². The lowest BCUT2D eigenvalue weighted by Crippen LogP contribution is -2.46. The van der Waals surface area contributed by atoms with Gasteiger partial charge in [0.05, 0.1) is 11.3 Å². The molecule has 5 atom stereocenters. The van der Waals surface area contributed by atoms with Crippen molar-refractivity contribution in [2.45, 2.75) is 64.0 Å². The van der Waals surface area contributed by atoms with Crippen LogP contribution in [0, 0.1) is 0 Å². The summed E-state index contributed by atoms with van der Waals surface area (Å²) in [6.45, 7) is 8.83. The van der Waals surface area contributed by atoms with Crippen molar-refractivity contribution in [3.8, 4) is 0 Å². The average Bonchev–Trinajstić information content (AvgIpc) is 2.61. The summed E-state index contributed by atoms with van der Waals surface area (Å²) in [7, 11) is 0.677. The molecule has 0 saturated carbocycles. The van der Waals surface area contributed by atoms with Gasteiger partial charge in [-0.15, -0.1) is 19.5 Å².